The van der Waals surface area contributed by atoms with Crippen LogP contribution in [0.2, 0.25) is 0 Å². The molecule has 0 radical (unpaired) electrons. The van der Waals surface area contributed by atoms with Gasteiger partial charge in [0.25, 0.3) is 0 Å². The first-order valence-corrected chi connectivity index (χ1v) is 21.0. The van der Waals surface area contributed by atoms with Crippen molar-refractivity contribution in [3.8, 4) is 11.1 Å². The maximum atomic E-state index is 2.52. The fourth-order valence-electron chi connectivity index (χ4n) is 8.36. The number of hydrogen-bond acceptors (Lipinski definition) is 5. The van der Waals surface area contributed by atoms with Crippen molar-refractivity contribution < 1.29 is 0 Å². The van der Waals surface area contributed by atoms with Crippen molar-refractivity contribution in [2.75, 3.05) is 4.90 Å². The van der Waals surface area contributed by atoms with Crippen LogP contribution in [0.1, 0.15) is 0 Å². The summed E-state index contributed by atoms with van der Waals surface area (Å²) in [5.41, 5.74) is 6.07. The van der Waals surface area contributed by atoms with E-state index in [4.69, 9.17) is 0 Å². The molecule has 53 heavy (non-hydrogen) atoms. The zero-order valence-electron chi connectivity index (χ0n) is 28.2. The molecule has 0 N–H and O–H groups in total. The van der Waals surface area contributed by atoms with Crippen LogP contribution in [0.4, 0.5) is 17.1 Å². The Kier molecular flexibility index (Phi) is 6.48. The van der Waals surface area contributed by atoms with Gasteiger partial charge in [0, 0.05) is 77.0 Å². The van der Waals surface area contributed by atoms with E-state index in [1.54, 1.807) is 0 Å². The molecule has 4 aromatic heterocycles. The molecular formula is C48H27NS4. The summed E-state index contributed by atoms with van der Waals surface area (Å²) in [6.45, 7) is 0. The summed E-state index contributed by atoms with van der Waals surface area (Å²) in [5, 5.41) is 10.6. The number of thiophene rings is 4. The van der Waals surface area contributed by atoms with Gasteiger partial charge in [0.1, 0.15) is 0 Å². The molecule has 0 saturated heterocycles. The van der Waals surface area contributed by atoms with Crippen LogP contribution in [-0.2, 0) is 0 Å². The number of nitrogens with zero attached hydrogens (tertiary/aromatic N) is 1. The highest BCUT2D eigenvalue weighted by Crippen LogP contribution is 2.51. The van der Waals surface area contributed by atoms with Crippen LogP contribution >= 0.6 is 45.3 Å². The number of rotatable bonds is 4. The van der Waals surface area contributed by atoms with E-state index in [1.807, 2.05) is 45.3 Å². The molecule has 0 aliphatic heterocycles. The largest absolute Gasteiger partial charge is 0.308 e. The number of benzene rings is 8. The minimum atomic E-state index is 1.15. The minimum Gasteiger partial charge on any atom is -0.308 e. The monoisotopic (exact) mass is 745 g/mol. The third-order valence-electron chi connectivity index (χ3n) is 10.7. The summed E-state index contributed by atoms with van der Waals surface area (Å²) >= 11 is 7.61. The van der Waals surface area contributed by atoms with Crippen molar-refractivity contribution in [1.29, 1.82) is 0 Å². The van der Waals surface area contributed by atoms with Gasteiger partial charge in [-0.25, -0.2) is 0 Å². The van der Waals surface area contributed by atoms with E-state index in [2.05, 4.69) is 169 Å². The summed E-state index contributed by atoms with van der Waals surface area (Å²) in [6.07, 6.45) is 0. The minimum absolute atomic E-state index is 1.15. The van der Waals surface area contributed by atoms with Crippen molar-refractivity contribution in [1.82, 2.24) is 0 Å². The van der Waals surface area contributed by atoms with Crippen LogP contribution in [0.15, 0.2) is 164 Å². The van der Waals surface area contributed by atoms with Gasteiger partial charge in [-0.3, -0.25) is 0 Å². The third-order valence-corrected chi connectivity index (χ3v) is 15.4. The average molecular weight is 746 g/mol. The predicted molar refractivity (Wildman–Crippen MR) is 238 cm³/mol. The van der Waals surface area contributed by atoms with E-state index in [9.17, 15) is 0 Å². The Labute approximate surface area is 320 Å². The fourth-order valence-corrected chi connectivity index (χ4v) is 13.2. The second kappa shape index (κ2) is 11.5. The molecule has 1 nitrogen and oxygen atoms in total. The topological polar surface area (TPSA) is 3.24 Å². The van der Waals surface area contributed by atoms with Crippen LogP contribution in [0.25, 0.3) is 91.8 Å². The Balaban J connectivity index is 1.14. The van der Waals surface area contributed by atoms with Gasteiger partial charge < -0.3 is 4.90 Å². The normalized spacial score (nSPS) is 12.2. The third kappa shape index (κ3) is 4.40. The first kappa shape index (κ1) is 30.0. The highest BCUT2D eigenvalue weighted by atomic mass is 32.1. The van der Waals surface area contributed by atoms with E-state index in [1.165, 1.54) is 103 Å². The van der Waals surface area contributed by atoms with Gasteiger partial charge in [-0.1, -0.05) is 109 Å². The molecular weight excluding hydrogens is 719 g/mol. The molecule has 0 aliphatic carbocycles. The van der Waals surface area contributed by atoms with Crippen molar-refractivity contribution in [3.63, 3.8) is 0 Å². The van der Waals surface area contributed by atoms with E-state index < -0.39 is 0 Å². The van der Waals surface area contributed by atoms with Gasteiger partial charge in [0.2, 0.25) is 0 Å². The number of fused-ring (bicyclic) bond motifs is 13. The molecule has 248 valence electrons. The fraction of sp³-hybridized carbons (Fsp3) is 0. The lowest BCUT2D eigenvalue weighted by Gasteiger charge is -2.27. The molecule has 5 heteroatoms. The van der Waals surface area contributed by atoms with Crippen molar-refractivity contribution in [2.24, 2.45) is 0 Å². The molecule has 0 fully saturated rings. The Morgan fingerprint density at radius 2 is 0.811 bits per heavy atom. The molecule has 0 spiro atoms. The Morgan fingerprint density at radius 3 is 1.45 bits per heavy atom. The lowest BCUT2D eigenvalue weighted by molar-refractivity contribution is 1.32. The van der Waals surface area contributed by atoms with Gasteiger partial charge in [0.15, 0.2) is 0 Å². The van der Waals surface area contributed by atoms with E-state index in [0.717, 1.165) is 5.69 Å². The van der Waals surface area contributed by atoms with Gasteiger partial charge in [0.05, 0.1) is 20.8 Å². The number of hydrogen-bond donors (Lipinski definition) is 0. The predicted octanol–water partition coefficient (Wildman–Crippen LogP) is 16.3. The first-order chi connectivity index (χ1) is 26.3. The molecule has 12 rings (SSSR count). The average Bonchev–Trinajstić information content (AvgIpc) is 3.98. The maximum absolute atomic E-state index is 2.52. The summed E-state index contributed by atoms with van der Waals surface area (Å²) in [7, 11) is 0. The van der Waals surface area contributed by atoms with Crippen LogP contribution in [0.3, 0.4) is 0 Å². The molecule has 8 aromatic carbocycles. The molecule has 0 unspecified atom stereocenters. The van der Waals surface area contributed by atoms with Crippen molar-refractivity contribution in [2.45, 2.75) is 0 Å². The van der Waals surface area contributed by atoms with Gasteiger partial charge in [-0.2, -0.15) is 0 Å². The summed E-state index contributed by atoms with van der Waals surface area (Å²) < 4.78 is 10.6. The Morgan fingerprint density at radius 1 is 0.321 bits per heavy atom. The van der Waals surface area contributed by atoms with Crippen molar-refractivity contribution >= 4 is 143 Å². The standard InChI is InChI=1S/C48H27NS4/c1-4-21-39-31(13-1)34-17-8-19-37(46(34)51-39)49(38-20-9-18-35-32-14-2-5-22-40(32)52-47(35)38)29-12-7-11-28(27-29)30-16-10-24-42-44(30)45-43(50-42)26-25-36-33-15-3-6-23-41(33)53-48(36)45/h1-27H. The second-order valence-electron chi connectivity index (χ2n) is 13.6. The van der Waals surface area contributed by atoms with Gasteiger partial charge in [-0.05, 0) is 65.7 Å². The first-order valence-electron chi connectivity index (χ1n) is 17.7. The molecule has 0 atom stereocenters. The molecule has 12 aromatic rings. The molecule has 0 aliphatic rings. The lowest BCUT2D eigenvalue weighted by Crippen LogP contribution is -2.10. The maximum Gasteiger partial charge on any atom is 0.0640 e. The zero-order chi connectivity index (χ0) is 34.6. The van der Waals surface area contributed by atoms with Gasteiger partial charge in [-0.15, -0.1) is 45.3 Å². The van der Waals surface area contributed by atoms with E-state index in [-0.39, 0.29) is 0 Å². The summed E-state index contributed by atoms with van der Waals surface area (Å²) in [6, 6.07) is 60.9. The zero-order valence-corrected chi connectivity index (χ0v) is 31.4. The van der Waals surface area contributed by atoms with Crippen LogP contribution < -0.4 is 4.90 Å². The molecule has 0 saturated carbocycles. The van der Waals surface area contributed by atoms with Crippen LogP contribution in [-0.4, -0.2) is 0 Å². The van der Waals surface area contributed by atoms with Crippen LogP contribution in [0.5, 0.6) is 0 Å². The second-order valence-corrected chi connectivity index (χ2v) is 17.8. The quantitative estimate of drug-likeness (QED) is 0.173. The van der Waals surface area contributed by atoms with Crippen LogP contribution in [0, 0.1) is 0 Å². The van der Waals surface area contributed by atoms with Gasteiger partial charge >= 0.3 is 0 Å². The summed E-state index contributed by atoms with van der Waals surface area (Å²) in [5.74, 6) is 0. The SMILES string of the molecule is c1cc(-c2cccc3sc4ccc5c6ccccc6sc5c4c23)cc(N(c2cccc3c2sc2ccccc23)c2cccc3c2sc2ccccc23)c1. The molecule has 4 heterocycles. The summed E-state index contributed by atoms with van der Waals surface area (Å²) in [4.78, 5) is 2.52. The lowest BCUT2D eigenvalue weighted by atomic mass is 9.98. The smallest absolute Gasteiger partial charge is 0.0640 e. The highest BCUT2D eigenvalue weighted by molar-refractivity contribution is 7.30. The number of anilines is 3. The molecule has 0 bridgehead atoms. The molecule has 0 amide bonds. The Bertz CT molecular complexity index is 3320. The Hall–Kier alpha value is -5.56. The van der Waals surface area contributed by atoms with E-state index >= 15 is 0 Å². The van der Waals surface area contributed by atoms with E-state index in [0.29, 0.717) is 0 Å². The van der Waals surface area contributed by atoms with Crippen molar-refractivity contribution in [3.05, 3.63) is 164 Å². The highest BCUT2D eigenvalue weighted by Gasteiger charge is 2.23.